The van der Waals surface area contributed by atoms with Crippen LogP contribution in [0.4, 0.5) is 4.39 Å². The maximum Gasteiger partial charge on any atom is 0.141 e. The highest BCUT2D eigenvalue weighted by Gasteiger charge is 2.21. The number of rotatable bonds is 4. The second-order valence-electron chi connectivity index (χ2n) is 7.97. The van der Waals surface area contributed by atoms with Gasteiger partial charge < -0.3 is 9.97 Å². The molecule has 0 saturated carbocycles. The maximum atomic E-state index is 13.6. The number of nitrogens with zero attached hydrogens (tertiary/aromatic N) is 1. The van der Waals surface area contributed by atoms with Crippen LogP contribution < -0.4 is 0 Å². The molecular formula is C29H20FN3. The number of aromatic amines is 2. The van der Waals surface area contributed by atoms with E-state index in [1.54, 1.807) is 12.1 Å². The van der Waals surface area contributed by atoms with Gasteiger partial charge in [-0.05, 0) is 35.9 Å². The number of fused-ring (bicyclic) bond motifs is 1. The van der Waals surface area contributed by atoms with Crippen LogP contribution in [-0.4, -0.2) is 15.0 Å². The van der Waals surface area contributed by atoms with E-state index < -0.39 is 0 Å². The molecule has 2 heterocycles. The molecule has 0 bridgehead atoms. The molecule has 4 heteroatoms. The van der Waals surface area contributed by atoms with Crippen molar-refractivity contribution in [3.63, 3.8) is 0 Å². The number of para-hydroxylation sites is 1. The lowest BCUT2D eigenvalue weighted by Crippen LogP contribution is -1.85. The van der Waals surface area contributed by atoms with Gasteiger partial charge in [0.1, 0.15) is 11.6 Å². The molecule has 4 aromatic carbocycles. The lowest BCUT2D eigenvalue weighted by Gasteiger charge is -2.03. The fourth-order valence-electron chi connectivity index (χ4n) is 4.33. The summed E-state index contributed by atoms with van der Waals surface area (Å²) in [6, 6.07) is 35.1. The van der Waals surface area contributed by atoms with E-state index in [-0.39, 0.29) is 5.82 Å². The highest BCUT2D eigenvalue weighted by atomic mass is 19.1. The number of benzene rings is 4. The molecule has 3 nitrogen and oxygen atoms in total. The second-order valence-corrected chi connectivity index (χ2v) is 7.97. The molecule has 33 heavy (non-hydrogen) atoms. The SMILES string of the molecule is Fc1ccc(-c2[nH]c(-c3c(-c4ccccc4)[nH]c4ccccc34)nc2-c2ccccc2)cc1. The summed E-state index contributed by atoms with van der Waals surface area (Å²) in [4.78, 5) is 12.2. The van der Waals surface area contributed by atoms with E-state index in [1.807, 2.05) is 60.7 Å². The molecule has 2 aromatic heterocycles. The highest BCUT2D eigenvalue weighted by molar-refractivity contribution is 6.03. The number of aromatic nitrogens is 3. The predicted molar refractivity (Wildman–Crippen MR) is 132 cm³/mol. The lowest BCUT2D eigenvalue weighted by molar-refractivity contribution is 0.628. The number of halogens is 1. The molecule has 0 atom stereocenters. The molecule has 0 unspecified atom stereocenters. The molecule has 0 spiro atoms. The minimum absolute atomic E-state index is 0.261. The van der Waals surface area contributed by atoms with E-state index >= 15 is 0 Å². The zero-order valence-corrected chi connectivity index (χ0v) is 17.7. The Hall–Kier alpha value is -4.44. The summed E-state index contributed by atoms with van der Waals surface area (Å²) < 4.78 is 13.6. The van der Waals surface area contributed by atoms with Crippen molar-refractivity contribution in [2.24, 2.45) is 0 Å². The molecule has 0 aliphatic carbocycles. The van der Waals surface area contributed by atoms with Crippen molar-refractivity contribution in [3.05, 3.63) is 115 Å². The summed E-state index contributed by atoms with van der Waals surface area (Å²) in [6.45, 7) is 0. The van der Waals surface area contributed by atoms with Gasteiger partial charge >= 0.3 is 0 Å². The van der Waals surface area contributed by atoms with Crippen LogP contribution in [0.5, 0.6) is 0 Å². The van der Waals surface area contributed by atoms with Crippen LogP contribution in [0, 0.1) is 5.82 Å². The second kappa shape index (κ2) is 7.92. The van der Waals surface area contributed by atoms with Crippen molar-refractivity contribution in [1.82, 2.24) is 15.0 Å². The van der Waals surface area contributed by atoms with Crippen molar-refractivity contribution in [3.8, 4) is 45.2 Å². The van der Waals surface area contributed by atoms with Gasteiger partial charge in [-0.15, -0.1) is 0 Å². The van der Waals surface area contributed by atoms with Crippen molar-refractivity contribution in [2.45, 2.75) is 0 Å². The van der Waals surface area contributed by atoms with Crippen molar-refractivity contribution >= 4 is 10.9 Å². The van der Waals surface area contributed by atoms with Gasteiger partial charge in [0, 0.05) is 22.0 Å². The third kappa shape index (κ3) is 3.42. The minimum atomic E-state index is -0.261. The molecule has 6 rings (SSSR count). The molecular weight excluding hydrogens is 409 g/mol. The first-order valence-electron chi connectivity index (χ1n) is 10.9. The van der Waals surface area contributed by atoms with Gasteiger partial charge in [-0.3, -0.25) is 0 Å². The first-order chi connectivity index (χ1) is 16.3. The topological polar surface area (TPSA) is 44.5 Å². The van der Waals surface area contributed by atoms with Crippen LogP contribution >= 0.6 is 0 Å². The van der Waals surface area contributed by atoms with E-state index in [0.29, 0.717) is 0 Å². The van der Waals surface area contributed by atoms with Gasteiger partial charge in [0.2, 0.25) is 0 Å². The Kier molecular flexibility index (Phi) is 4.62. The first-order valence-corrected chi connectivity index (χ1v) is 10.9. The quantitative estimate of drug-likeness (QED) is 0.296. The van der Waals surface area contributed by atoms with Gasteiger partial charge in [-0.25, -0.2) is 9.37 Å². The van der Waals surface area contributed by atoms with E-state index in [2.05, 4.69) is 34.2 Å². The van der Waals surface area contributed by atoms with Crippen LogP contribution in [0.25, 0.3) is 56.1 Å². The third-order valence-electron chi connectivity index (χ3n) is 5.89. The largest absolute Gasteiger partial charge is 0.354 e. The van der Waals surface area contributed by atoms with Crippen molar-refractivity contribution in [2.75, 3.05) is 0 Å². The average Bonchev–Trinajstić information content (AvgIpc) is 3.48. The molecule has 0 saturated heterocycles. The molecule has 6 aromatic rings. The van der Waals surface area contributed by atoms with Crippen molar-refractivity contribution < 1.29 is 4.39 Å². The Bertz CT molecular complexity index is 1550. The van der Waals surface area contributed by atoms with Gasteiger partial charge in [-0.2, -0.15) is 0 Å². The minimum Gasteiger partial charge on any atom is -0.354 e. The molecule has 0 radical (unpaired) electrons. The van der Waals surface area contributed by atoms with Gasteiger partial charge in [0.05, 0.1) is 22.6 Å². The van der Waals surface area contributed by atoms with Crippen LogP contribution in [0.3, 0.4) is 0 Å². The third-order valence-corrected chi connectivity index (χ3v) is 5.89. The maximum absolute atomic E-state index is 13.6. The predicted octanol–water partition coefficient (Wildman–Crippen LogP) is 7.70. The highest BCUT2D eigenvalue weighted by Crippen LogP contribution is 2.40. The number of hydrogen-bond donors (Lipinski definition) is 2. The van der Waals surface area contributed by atoms with Crippen LogP contribution in [0.1, 0.15) is 0 Å². The fourth-order valence-corrected chi connectivity index (χ4v) is 4.33. The Morgan fingerprint density at radius 3 is 1.88 bits per heavy atom. The Morgan fingerprint density at radius 1 is 0.545 bits per heavy atom. The summed E-state index contributed by atoms with van der Waals surface area (Å²) >= 11 is 0. The molecule has 158 valence electrons. The molecule has 0 aliphatic rings. The van der Waals surface area contributed by atoms with E-state index in [1.165, 1.54) is 12.1 Å². The molecule has 2 N–H and O–H groups in total. The molecule has 0 aliphatic heterocycles. The number of imidazole rings is 1. The monoisotopic (exact) mass is 429 g/mol. The molecule has 0 amide bonds. The Labute approximate surface area is 190 Å². The Balaban J connectivity index is 1.63. The van der Waals surface area contributed by atoms with E-state index in [4.69, 9.17) is 4.98 Å². The van der Waals surface area contributed by atoms with E-state index in [9.17, 15) is 4.39 Å². The number of nitrogens with one attached hydrogen (secondary N) is 2. The summed E-state index contributed by atoms with van der Waals surface area (Å²) in [5.74, 6) is 0.507. The van der Waals surface area contributed by atoms with Crippen molar-refractivity contribution in [1.29, 1.82) is 0 Å². The lowest BCUT2D eigenvalue weighted by atomic mass is 10.0. The summed E-state index contributed by atoms with van der Waals surface area (Å²) in [5, 5.41) is 1.09. The average molecular weight is 429 g/mol. The Morgan fingerprint density at radius 2 is 1.15 bits per heavy atom. The normalized spacial score (nSPS) is 11.2. The van der Waals surface area contributed by atoms with Gasteiger partial charge in [-0.1, -0.05) is 78.9 Å². The summed E-state index contributed by atoms with van der Waals surface area (Å²) in [5.41, 5.74) is 7.74. The summed E-state index contributed by atoms with van der Waals surface area (Å²) in [7, 11) is 0. The number of H-pyrrole nitrogens is 2. The molecule has 0 fully saturated rings. The van der Waals surface area contributed by atoms with E-state index in [0.717, 1.165) is 56.1 Å². The smallest absolute Gasteiger partial charge is 0.141 e. The zero-order valence-electron chi connectivity index (χ0n) is 17.7. The van der Waals surface area contributed by atoms with Gasteiger partial charge in [0.25, 0.3) is 0 Å². The zero-order chi connectivity index (χ0) is 22.2. The van der Waals surface area contributed by atoms with Gasteiger partial charge in [0.15, 0.2) is 0 Å². The standard InChI is InChI=1S/C29H20FN3/c30-22-17-15-21(16-18-22)28-27(20-11-5-2-6-12-20)32-29(33-28)25-23-13-7-8-14-24(23)31-26(25)19-9-3-1-4-10-19/h1-18,31H,(H,32,33). The van der Waals surface area contributed by atoms with Crippen LogP contribution in [-0.2, 0) is 0 Å². The number of hydrogen-bond acceptors (Lipinski definition) is 1. The van der Waals surface area contributed by atoms with Crippen LogP contribution in [0.15, 0.2) is 109 Å². The fraction of sp³-hybridized carbons (Fsp3) is 0. The summed E-state index contributed by atoms with van der Waals surface area (Å²) in [6.07, 6.45) is 0. The first kappa shape index (κ1) is 19.3. The van der Waals surface area contributed by atoms with Crippen LogP contribution in [0.2, 0.25) is 0 Å².